The summed E-state index contributed by atoms with van der Waals surface area (Å²) in [6.45, 7) is 10.8. The van der Waals surface area contributed by atoms with Crippen LogP contribution < -0.4 is 10.1 Å². The largest absolute Gasteiger partial charge is 0.490 e. The van der Waals surface area contributed by atoms with Gasteiger partial charge in [-0.2, -0.15) is 0 Å². The number of amides is 2. The van der Waals surface area contributed by atoms with E-state index >= 15 is 0 Å². The Bertz CT molecular complexity index is 1080. The number of hydrogen-bond donors (Lipinski definition) is 2. The molecule has 8 heteroatoms. The van der Waals surface area contributed by atoms with E-state index < -0.39 is 6.04 Å². The van der Waals surface area contributed by atoms with Gasteiger partial charge in [-0.25, -0.2) is 0 Å². The lowest BCUT2D eigenvalue weighted by Crippen LogP contribution is -2.47. The van der Waals surface area contributed by atoms with E-state index in [1.54, 1.807) is 35.2 Å². The van der Waals surface area contributed by atoms with Gasteiger partial charge in [0.05, 0.1) is 30.4 Å². The maximum absolute atomic E-state index is 14.2. The molecule has 8 nitrogen and oxygen atoms in total. The molecule has 220 valence electrons. The SMILES string of the molecule is CCCN(C)C[C@H]1OCCCC[C@@H](C)Oc2ccc(NC(=O)c3ccccc3)cc2C(=O)N([C@H](C)CO)C[C@H]1C. The number of likely N-dealkylation sites (N-methyl/N-ethyl adjacent to an activating group) is 1. The summed E-state index contributed by atoms with van der Waals surface area (Å²) in [6, 6.07) is 13.8. The minimum atomic E-state index is -0.412. The zero-order chi connectivity index (χ0) is 29.1. The summed E-state index contributed by atoms with van der Waals surface area (Å²) in [4.78, 5) is 31.0. The van der Waals surface area contributed by atoms with Crippen LogP contribution in [0, 0.1) is 5.92 Å². The Morgan fingerprint density at radius 1 is 1.18 bits per heavy atom. The van der Waals surface area contributed by atoms with Crippen molar-refractivity contribution in [3.63, 3.8) is 0 Å². The second-order valence-corrected chi connectivity index (χ2v) is 11.1. The molecule has 0 spiro atoms. The predicted molar refractivity (Wildman–Crippen MR) is 159 cm³/mol. The molecule has 0 bridgehead atoms. The monoisotopic (exact) mass is 553 g/mol. The van der Waals surface area contributed by atoms with E-state index in [2.05, 4.69) is 31.1 Å². The zero-order valence-electron chi connectivity index (χ0n) is 24.8. The zero-order valence-corrected chi connectivity index (χ0v) is 24.8. The van der Waals surface area contributed by atoms with E-state index in [1.165, 1.54) is 0 Å². The van der Waals surface area contributed by atoms with Crippen molar-refractivity contribution in [1.29, 1.82) is 0 Å². The molecule has 1 heterocycles. The van der Waals surface area contributed by atoms with Crippen molar-refractivity contribution in [2.45, 2.75) is 71.6 Å². The lowest BCUT2D eigenvalue weighted by Gasteiger charge is -2.35. The van der Waals surface area contributed by atoms with Gasteiger partial charge in [-0.3, -0.25) is 9.59 Å². The summed E-state index contributed by atoms with van der Waals surface area (Å²) in [7, 11) is 2.10. The van der Waals surface area contributed by atoms with Gasteiger partial charge in [0.2, 0.25) is 0 Å². The van der Waals surface area contributed by atoms with Crippen molar-refractivity contribution in [1.82, 2.24) is 9.80 Å². The van der Waals surface area contributed by atoms with Crippen LogP contribution in [-0.2, 0) is 4.74 Å². The van der Waals surface area contributed by atoms with Crippen LogP contribution in [0.5, 0.6) is 5.75 Å². The Balaban J connectivity index is 1.96. The number of fused-ring (bicyclic) bond motifs is 1. The third-order valence-electron chi connectivity index (χ3n) is 7.44. The Labute approximate surface area is 239 Å². The van der Waals surface area contributed by atoms with Crippen molar-refractivity contribution >= 4 is 17.5 Å². The molecular formula is C32H47N3O5. The second kappa shape index (κ2) is 15.7. The van der Waals surface area contributed by atoms with Gasteiger partial charge in [0.1, 0.15) is 5.75 Å². The molecule has 4 atom stereocenters. The van der Waals surface area contributed by atoms with E-state index in [0.717, 1.165) is 38.8 Å². The number of rotatable bonds is 8. The number of ether oxygens (including phenoxy) is 2. The molecule has 2 N–H and O–H groups in total. The fraction of sp³-hybridized carbons (Fsp3) is 0.562. The average molecular weight is 554 g/mol. The van der Waals surface area contributed by atoms with Crippen molar-refractivity contribution in [3.8, 4) is 5.75 Å². The number of nitrogens with one attached hydrogen (secondary N) is 1. The summed E-state index contributed by atoms with van der Waals surface area (Å²) in [5, 5.41) is 13.0. The van der Waals surface area contributed by atoms with E-state index in [4.69, 9.17) is 9.47 Å². The molecule has 0 saturated heterocycles. The van der Waals surface area contributed by atoms with E-state index in [9.17, 15) is 14.7 Å². The number of nitrogens with zero attached hydrogens (tertiary/aromatic N) is 2. The number of carbonyl (C=O) groups excluding carboxylic acids is 2. The van der Waals surface area contributed by atoms with Crippen molar-refractivity contribution in [2.24, 2.45) is 5.92 Å². The Morgan fingerprint density at radius 3 is 2.62 bits per heavy atom. The molecule has 2 aromatic carbocycles. The first-order chi connectivity index (χ1) is 19.2. The molecule has 0 aromatic heterocycles. The maximum Gasteiger partial charge on any atom is 0.258 e. The van der Waals surface area contributed by atoms with Crippen LogP contribution in [0.4, 0.5) is 5.69 Å². The maximum atomic E-state index is 14.2. The van der Waals surface area contributed by atoms with Crippen LogP contribution in [0.15, 0.2) is 48.5 Å². The predicted octanol–water partition coefficient (Wildman–Crippen LogP) is 5.08. The van der Waals surface area contributed by atoms with Crippen LogP contribution in [0.25, 0.3) is 0 Å². The quantitative estimate of drug-likeness (QED) is 0.474. The Morgan fingerprint density at radius 2 is 1.93 bits per heavy atom. The average Bonchev–Trinajstić information content (AvgIpc) is 2.95. The molecule has 0 radical (unpaired) electrons. The van der Waals surface area contributed by atoms with Crippen LogP contribution in [0.2, 0.25) is 0 Å². The topological polar surface area (TPSA) is 91.3 Å². The molecule has 0 unspecified atom stereocenters. The van der Waals surface area contributed by atoms with Gasteiger partial charge >= 0.3 is 0 Å². The van der Waals surface area contributed by atoms with Gasteiger partial charge < -0.3 is 29.7 Å². The molecule has 1 aliphatic heterocycles. The minimum absolute atomic E-state index is 0.0319. The first-order valence-corrected chi connectivity index (χ1v) is 14.6. The van der Waals surface area contributed by atoms with Crippen LogP contribution >= 0.6 is 0 Å². The molecule has 0 saturated carbocycles. The van der Waals surface area contributed by atoms with E-state index in [0.29, 0.717) is 35.7 Å². The smallest absolute Gasteiger partial charge is 0.258 e. The lowest BCUT2D eigenvalue weighted by molar-refractivity contribution is -0.0167. The highest BCUT2D eigenvalue weighted by Gasteiger charge is 2.30. The molecule has 1 aliphatic rings. The minimum Gasteiger partial charge on any atom is -0.490 e. The number of benzene rings is 2. The second-order valence-electron chi connectivity index (χ2n) is 11.1. The van der Waals surface area contributed by atoms with Gasteiger partial charge in [0, 0.05) is 36.9 Å². The molecule has 0 aliphatic carbocycles. The van der Waals surface area contributed by atoms with Crippen LogP contribution in [0.1, 0.15) is 74.1 Å². The molecule has 2 amide bonds. The number of carbonyl (C=O) groups is 2. The molecule has 3 rings (SSSR count). The summed E-state index contributed by atoms with van der Waals surface area (Å²) in [6.07, 6.45) is 3.62. The van der Waals surface area contributed by atoms with Crippen LogP contribution in [-0.4, -0.2) is 84.9 Å². The highest BCUT2D eigenvalue weighted by molar-refractivity contribution is 6.05. The third kappa shape index (κ3) is 9.04. The fourth-order valence-corrected chi connectivity index (χ4v) is 5.04. The standard InChI is InChI=1S/C32H47N3O5/c1-6-17-34(5)21-30-23(2)20-35(24(3)22-36)32(38)28-19-27(33-31(37)26-13-8-7-9-14-26)15-16-29(28)40-25(4)12-10-11-18-39-30/h7-9,13-16,19,23-25,30,36H,6,10-12,17-18,20-22H2,1-5H3,(H,33,37)/t23-,24-,25-,30-/m1/s1. The highest BCUT2D eigenvalue weighted by Crippen LogP contribution is 2.28. The first kappa shape index (κ1) is 31.6. The summed E-state index contributed by atoms with van der Waals surface area (Å²) >= 11 is 0. The number of hydrogen-bond acceptors (Lipinski definition) is 6. The normalized spacial score (nSPS) is 21.7. The summed E-state index contributed by atoms with van der Waals surface area (Å²) in [5.41, 5.74) is 1.40. The van der Waals surface area contributed by atoms with Gasteiger partial charge in [-0.15, -0.1) is 0 Å². The summed E-state index contributed by atoms with van der Waals surface area (Å²) in [5.74, 6) is 0.00713. The first-order valence-electron chi connectivity index (χ1n) is 14.6. The Kier molecular flexibility index (Phi) is 12.4. The van der Waals surface area contributed by atoms with E-state index in [-0.39, 0.29) is 36.5 Å². The number of anilines is 1. The number of aliphatic hydroxyl groups excluding tert-OH is 1. The molecular weight excluding hydrogens is 506 g/mol. The molecule has 0 fully saturated rings. The van der Waals surface area contributed by atoms with Gasteiger partial charge in [-0.05, 0) is 83.5 Å². The van der Waals surface area contributed by atoms with Gasteiger partial charge in [0.25, 0.3) is 11.8 Å². The van der Waals surface area contributed by atoms with Crippen molar-refractivity contribution in [3.05, 3.63) is 59.7 Å². The Hall–Kier alpha value is -2.94. The van der Waals surface area contributed by atoms with E-state index in [1.807, 2.05) is 32.0 Å². The van der Waals surface area contributed by atoms with Crippen molar-refractivity contribution in [2.75, 3.05) is 45.2 Å². The van der Waals surface area contributed by atoms with Crippen LogP contribution in [0.3, 0.4) is 0 Å². The molecule has 40 heavy (non-hydrogen) atoms. The number of aliphatic hydroxyl groups is 1. The third-order valence-corrected chi connectivity index (χ3v) is 7.44. The summed E-state index contributed by atoms with van der Waals surface area (Å²) < 4.78 is 12.7. The van der Waals surface area contributed by atoms with Gasteiger partial charge in [-0.1, -0.05) is 32.0 Å². The highest BCUT2D eigenvalue weighted by atomic mass is 16.5. The fourth-order valence-electron chi connectivity index (χ4n) is 5.04. The van der Waals surface area contributed by atoms with Gasteiger partial charge in [0.15, 0.2) is 0 Å². The lowest BCUT2D eigenvalue weighted by atomic mass is 10.0. The van der Waals surface area contributed by atoms with Crippen molar-refractivity contribution < 1.29 is 24.2 Å². The molecule has 2 aromatic rings.